The quantitative estimate of drug-likeness (QED) is 0.554. The Kier molecular flexibility index (Phi) is 5.98. The van der Waals surface area contributed by atoms with Gasteiger partial charge >= 0.3 is 0 Å². The summed E-state index contributed by atoms with van der Waals surface area (Å²) in [6.45, 7) is 4.32. The highest BCUT2D eigenvalue weighted by molar-refractivity contribution is 5.86. The number of ketones is 1. The van der Waals surface area contributed by atoms with Crippen molar-refractivity contribution in [1.82, 2.24) is 0 Å². The van der Waals surface area contributed by atoms with E-state index < -0.39 is 11.3 Å². The zero-order valence-electron chi connectivity index (χ0n) is 20.7. The molecule has 0 heterocycles. The maximum absolute atomic E-state index is 16.5. The van der Waals surface area contributed by atoms with Crippen LogP contribution in [0.1, 0.15) is 71.6 Å². The zero-order chi connectivity index (χ0) is 24.3. The van der Waals surface area contributed by atoms with Crippen molar-refractivity contribution in [2.24, 2.45) is 35.0 Å². The molecule has 0 amide bonds. The number of ether oxygens (including phenoxy) is 1. The molecule has 4 aliphatic rings. The van der Waals surface area contributed by atoms with Gasteiger partial charge in [0, 0.05) is 12.0 Å². The van der Waals surface area contributed by atoms with Gasteiger partial charge in [-0.1, -0.05) is 6.92 Å². The molecule has 1 aromatic rings. The summed E-state index contributed by atoms with van der Waals surface area (Å²) in [6, 6.07) is 4.28. The van der Waals surface area contributed by atoms with Gasteiger partial charge in [0.1, 0.15) is 17.2 Å². The van der Waals surface area contributed by atoms with E-state index in [9.17, 15) is 14.3 Å². The first-order chi connectivity index (χ1) is 16.1. The Labute approximate surface area is 201 Å². The molecule has 6 heteroatoms. The Morgan fingerprint density at radius 3 is 2.68 bits per heavy atom. The van der Waals surface area contributed by atoms with E-state index in [4.69, 9.17) is 4.74 Å². The smallest absolute Gasteiger partial charge is 0.155 e. The number of carbonyl (C=O) groups excluding carboxylic acids is 1. The number of halogens is 2. The van der Waals surface area contributed by atoms with Crippen LogP contribution in [0.25, 0.3) is 0 Å². The van der Waals surface area contributed by atoms with Gasteiger partial charge in [-0.25, -0.2) is 8.78 Å². The number of rotatable bonds is 5. The summed E-state index contributed by atoms with van der Waals surface area (Å²) in [5.74, 6) is 0.929. The highest BCUT2D eigenvalue weighted by Crippen LogP contribution is 2.66. The standard InChI is InChI=1S/C28H39F2NO3/c1-26(33)12-13-28(30)17(15-26)4-6-19-20-7-8-22(27(20,2)11-10-21(19)28)24(32)16-31-23-9-5-18(29)14-25(23)34-3/h5,9,14,17,19-22,31,33H,4,6-8,10-13,15-16H2,1-3H3/t17-,19+,20+,21+,22-,26-,27+,28-/m1/s1. The van der Waals surface area contributed by atoms with Crippen molar-refractivity contribution in [2.75, 3.05) is 19.0 Å². The van der Waals surface area contributed by atoms with Crippen molar-refractivity contribution in [2.45, 2.75) is 82.9 Å². The fourth-order valence-corrected chi connectivity index (χ4v) is 8.62. The van der Waals surface area contributed by atoms with E-state index in [1.165, 1.54) is 19.2 Å². The third kappa shape index (κ3) is 3.84. The van der Waals surface area contributed by atoms with E-state index in [1.54, 1.807) is 6.07 Å². The highest BCUT2D eigenvalue weighted by Gasteiger charge is 2.63. The predicted molar refractivity (Wildman–Crippen MR) is 128 cm³/mol. The molecule has 188 valence electrons. The first kappa shape index (κ1) is 24.0. The number of methoxy groups -OCH3 is 1. The van der Waals surface area contributed by atoms with E-state index in [2.05, 4.69) is 12.2 Å². The van der Waals surface area contributed by atoms with E-state index in [0.717, 1.165) is 38.5 Å². The number of hydrogen-bond acceptors (Lipinski definition) is 4. The Morgan fingerprint density at radius 2 is 1.91 bits per heavy atom. The summed E-state index contributed by atoms with van der Waals surface area (Å²) in [5, 5.41) is 13.7. The molecule has 0 radical (unpaired) electrons. The van der Waals surface area contributed by atoms with Gasteiger partial charge in [0.25, 0.3) is 0 Å². The summed E-state index contributed by atoms with van der Waals surface area (Å²) in [5.41, 5.74) is -1.36. The van der Waals surface area contributed by atoms with E-state index in [0.29, 0.717) is 42.5 Å². The summed E-state index contributed by atoms with van der Waals surface area (Å²) in [6.07, 6.45) is 7.06. The van der Waals surface area contributed by atoms with Crippen LogP contribution in [0, 0.1) is 40.8 Å². The molecule has 8 atom stereocenters. The molecule has 0 aromatic heterocycles. The number of fused-ring (bicyclic) bond motifs is 5. The lowest BCUT2D eigenvalue weighted by atomic mass is 9.48. The van der Waals surface area contributed by atoms with Gasteiger partial charge in [-0.3, -0.25) is 4.79 Å². The van der Waals surface area contributed by atoms with E-state index in [1.807, 2.05) is 6.92 Å². The van der Waals surface area contributed by atoms with Gasteiger partial charge in [0.2, 0.25) is 0 Å². The van der Waals surface area contributed by atoms with Gasteiger partial charge in [-0.15, -0.1) is 0 Å². The van der Waals surface area contributed by atoms with Crippen molar-refractivity contribution in [3.8, 4) is 5.75 Å². The average Bonchev–Trinajstić information content (AvgIpc) is 3.15. The monoisotopic (exact) mass is 475 g/mol. The molecule has 0 saturated heterocycles. The minimum absolute atomic E-state index is 0.0298. The summed E-state index contributed by atoms with van der Waals surface area (Å²) in [4.78, 5) is 13.4. The fourth-order valence-electron chi connectivity index (χ4n) is 8.62. The third-order valence-corrected chi connectivity index (χ3v) is 10.3. The number of aliphatic hydroxyl groups is 1. The molecule has 0 unspecified atom stereocenters. The van der Waals surface area contributed by atoms with Crippen LogP contribution in [0.2, 0.25) is 0 Å². The zero-order valence-corrected chi connectivity index (χ0v) is 20.7. The molecule has 5 rings (SSSR count). The minimum Gasteiger partial charge on any atom is -0.494 e. The lowest BCUT2D eigenvalue weighted by Crippen LogP contribution is -2.58. The predicted octanol–water partition coefficient (Wildman–Crippen LogP) is 5.93. The largest absolute Gasteiger partial charge is 0.494 e. The Hall–Kier alpha value is -1.69. The Balaban J connectivity index is 1.29. The lowest BCUT2D eigenvalue weighted by Gasteiger charge is -2.59. The van der Waals surface area contributed by atoms with Crippen molar-refractivity contribution in [3.05, 3.63) is 24.0 Å². The summed E-state index contributed by atoms with van der Waals surface area (Å²) in [7, 11) is 1.49. The van der Waals surface area contributed by atoms with Gasteiger partial charge < -0.3 is 15.2 Å². The SMILES string of the molecule is COc1cc(F)ccc1NCC(=O)[C@H]1CC[C@H]2[C@@H]3CC[C@@H]4C[C@](C)(O)CC[C@]4(F)[C@H]3CC[C@]12C. The van der Waals surface area contributed by atoms with Gasteiger partial charge in [-0.05, 0) is 106 Å². The third-order valence-electron chi connectivity index (χ3n) is 10.3. The van der Waals surface area contributed by atoms with Gasteiger partial charge in [0.15, 0.2) is 5.78 Å². The first-order valence-electron chi connectivity index (χ1n) is 13.1. The van der Waals surface area contributed by atoms with Crippen LogP contribution in [0.15, 0.2) is 18.2 Å². The molecular weight excluding hydrogens is 436 g/mol. The molecular formula is C28H39F2NO3. The molecule has 34 heavy (non-hydrogen) atoms. The van der Waals surface area contributed by atoms with Gasteiger partial charge in [-0.2, -0.15) is 0 Å². The van der Waals surface area contributed by atoms with E-state index >= 15 is 4.39 Å². The molecule has 4 saturated carbocycles. The van der Waals surface area contributed by atoms with Gasteiger partial charge in [0.05, 0.1) is 24.9 Å². The second-order valence-corrected chi connectivity index (χ2v) is 12.1. The number of carbonyl (C=O) groups is 1. The highest BCUT2D eigenvalue weighted by atomic mass is 19.1. The van der Waals surface area contributed by atoms with Crippen LogP contribution in [-0.4, -0.2) is 35.8 Å². The molecule has 1 aromatic carbocycles. The van der Waals surface area contributed by atoms with Crippen LogP contribution in [0.3, 0.4) is 0 Å². The number of nitrogens with one attached hydrogen (secondary N) is 1. The molecule has 0 spiro atoms. The number of Topliss-reactive ketones (excluding diaryl/α,β-unsaturated/α-hetero) is 1. The van der Waals surface area contributed by atoms with Crippen molar-refractivity contribution < 1.29 is 23.4 Å². The summed E-state index contributed by atoms with van der Waals surface area (Å²) >= 11 is 0. The van der Waals surface area contributed by atoms with Crippen molar-refractivity contribution >= 4 is 11.5 Å². The number of benzene rings is 1. The van der Waals surface area contributed by atoms with Crippen molar-refractivity contribution in [1.29, 1.82) is 0 Å². The minimum atomic E-state index is -1.16. The molecule has 4 fully saturated rings. The molecule has 0 aliphatic heterocycles. The first-order valence-corrected chi connectivity index (χ1v) is 13.1. The summed E-state index contributed by atoms with van der Waals surface area (Å²) < 4.78 is 35.3. The van der Waals surface area contributed by atoms with Crippen LogP contribution in [0.5, 0.6) is 5.75 Å². The number of alkyl halides is 1. The second-order valence-electron chi connectivity index (χ2n) is 12.1. The second kappa shape index (κ2) is 8.46. The molecule has 4 aliphatic carbocycles. The maximum atomic E-state index is 16.5. The number of hydrogen-bond donors (Lipinski definition) is 2. The lowest BCUT2D eigenvalue weighted by molar-refractivity contribution is -0.165. The van der Waals surface area contributed by atoms with Crippen LogP contribution in [0.4, 0.5) is 14.5 Å². The fraction of sp³-hybridized carbons (Fsp3) is 0.750. The Bertz CT molecular complexity index is 952. The normalized spacial score (nSPS) is 43.4. The molecule has 2 N–H and O–H groups in total. The van der Waals surface area contributed by atoms with E-state index in [-0.39, 0.29) is 41.3 Å². The molecule has 4 nitrogen and oxygen atoms in total. The van der Waals surface area contributed by atoms with Crippen molar-refractivity contribution in [3.63, 3.8) is 0 Å². The molecule has 0 bridgehead atoms. The average molecular weight is 476 g/mol. The van der Waals surface area contributed by atoms with Crippen LogP contribution < -0.4 is 10.1 Å². The Morgan fingerprint density at radius 1 is 1.12 bits per heavy atom. The number of anilines is 1. The van der Waals surface area contributed by atoms with Crippen LogP contribution >= 0.6 is 0 Å². The van der Waals surface area contributed by atoms with Crippen LogP contribution in [-0.2, 0) is 4.79 Å². The topological polar surface area (TPSA) is 58.6 Å². The maximum Gasteiger partial charge on any atom is 0.155 e.